The van der Waals surface area contributed by atoms with E-state index in [1.165, 1.54) is 24.9 Å². The van der Waals surface area contributed by atoms with Gasteiger partial charge in [0.1, 0.15) is 0 Å². The molecule has 0 unspecified atom stereocenters. The third-order valence-electron chi connectivity index (χ3n) is 5.26. The van der Waals surface area contributed by atoms with Crippen molar-refractivity contribution in [1.82, 2.24) is 14.9 Å². The number of anilines is 1. The third kappa shape index (κ3) is 2.64. The van der Waals surface area contributed by atoms with Crippen molar-refractivity contribution in [2.24, 2.45) is 0 Å². The predicted molar refractivity (Wildman–Crippen MR) is 101 cm³/mol. The van der Waals surface area contributed by atoms with Crippen LogP contribution in [-0.4, -0.2) is 27.6 Å². The van der Waals surface area contributed by atoms with E-state index in [1.807, 2.05) is 18.3 Å². The second-order valence-electron chi connectivity index (χ2n) is 6.82. The van der Waals surface area contributed by atoms with Crippen molar-refractivity contribution in [2.45, 2.75) is 25.3 Å². The van der Waals surface area contributed by atoms with Crippen LogP contribution in [-0.2, 0) is 0 Å². The van der Waals surface area contributed by atoms with Gasteiger partial charge in [-0.05, 0) is 49.6 Å². The summed E-state index contributed by atoms with van der Waals surface area (Å²) in [6, 6.07) is 15.4. The molecule has 0 spiro atoms. The predicted octanol–water partition coefficient (Wildman–Crippen LogP) is 4.40. The minimum atomic E-state index is 0.733. The van der Waals surface area contributed by atoms with Gasteiger partial charge in [-0.25, -0.2) is 4.98 Å². The van der Waals surface area contributed by atoms with Crippen molar-refractivity contribution in [1.29, 1.82) is 0 Å². The Hall–Kier alpha value is -2.88. The fourth-order valence-electron chi connectivity index (χ4n) is 3.52. The van der Waals surface area contributed by atoms with Crippen LogP contribution < -0.4 is 4.90 Å². The van der Waals surface area contributed by atoms with Crippen LogP contribution in [0.3, 0.4) is 0 Å². The molecule has 0 amide bonds. The molecule has 0 bridgehead atoms. The quantitative estimate of drug-likeness (QED) is 0.713. The zero-order chi connectivity index (χ0) is 16.6. The highest BCUT2D eigenvalue weighted by atomic mass is 15.4. The van der Waals surface area contributed by atoms with Crippen molar-refractivity contribution < 1.29 is 0 Å². The van der Waals surface area contributed by atoms with Gasteiger partial charge in [0.2, 0.25) is 0 Å². The van der Waals surface area contributed by atoms with Crippen LogP contribution in [0.4, 0.5) is 5.69 Å². The SMILES string of the molecule is C1=CN(C2CCC2)CN1c1ccc2ccc(-c3cccnc3)nc2c1. The van der Waals surface area contributed by atoms with Gasteiger partial charge in [0.15, 0.2) is 0 Å². The molecule has 4 nitrogen and oxygen atoms in total. The Morgan fingerprint density at radius 1 is 1.00 bits per heavy atom. The lowest BCUT2D eigenvalue weighted by molar-refractivity contribution is 0.197. The van der Waals surface area contributed by atoms with Gasteiger partial charge < -0.3 is 9.80 Å². The van der Waals surface area contributed by atoms with Crippen molar-refractivity contribution in [3.8, 4) is 11.3 Å². The fourth-order valence-corrected chi connectivity index (χ4v) is 3.52. The molecule has 2 aliphatic rings. The molecule has 0 atom stereocenters. The van der Waals surface area contributed by atoms with Gasteiger partial charge in [-0.3, -0.25) is 4.98 Å². The summed E-state index contributed by atoms with van der Waals surface area (Å²) in [5, 5.41) is 1.16. The Kier molecular flexibility index (Phi) is 3.40. The summed E-state index contributed by atoms with van der Waals surface area (Å²) in [5.41, 5.74) is 4.23. The van der Waals surface area contributed by atoms with E-state index in [9.17, 15) is 0 Å². The number of benzene rings is 1. The molecule has 4 heteroatoms. The van der Waals surface area contributed by atoms with Gasteiger partial charge in [0.25, 0.3) is 0 Å². The maximum absolute atomic E-state index is 4.85. The van der Waals surface area contributed by atoms with Crippen LogP contribution in [0.5, 0.6) is 0 Å². The highest BCUT2D eigenvalue weighted by Gasteiger charge is 2.26. The Morgan fingerprint density at radius 3 is 2.72 bits per heavy atom. The van der Waals surface area contributed by atoms with Crippen LogP contribution in [0.25, 0.3) is 22.2 Å². The first-order valence-electron chi connectivity index (χ1n) is 8.89. The summed E-state index contributed by atoms with van der Waals surface area (Å²) in [5.74, 6) is 0. The average molecular weight is 328 g/mol. The van der Waals surface area contributed by atoms with Crippen LogP contribution in [0, 0.1) is 0 Å². The normalized spacial score (nSPS) is 17.3. The van der Waals surface area contributed by atoms with E-state index in [0.717, 1.165) is 34.9 Å². The lowest BCUT2D eigenvalue weighted by Gasteiger charge is -2.35. The molecule has 3 heterocycles. The Labute approximate surface area is 147 Å². The molecular weight excluding hydrogens is 308 g/mol. The zero-order valence-corrected chi connectivity index (χ0v) is 14.0. The van der Waals surface area contributed by atoms with E-state index in [1.54, 1.807) is 6.20 Å². The van der Waals surface area contributed by atoms with Gasteiger partial charge in [-0.1, -0.05) is 12.1 Å². The maximum Gasteiger partial charge on any atom is 0.0944 e. The molecule has 1 fully saturated rings. The van der Waals surface area contributed by atoms with Gasteiger partial charge in [0, 0.05) is 47.5 Å². The Morgan fingerprint density at radius 2 is 1.92 bits per heavy atom. The van der Waals surface area contributed by atoms with Crippen molar-refractivity contribution >= 4 is 16.6 Å². The summed E-state index contributed by atoms with van der Waals surface area (Å²) >= 11 is 0. The van der Waals surface area contributed by atoms with Crippen LogP contribution in [0.2, 0.25) is 0 Å². The molecule has 3 aromatic rings. The second kappa shape index (κ2) is 5.88. The first-order valence-corrected chi connectivity index (χ1v) is 8.89. The monoisotopic (exact) mass is 328 g/mol. The first kappa shape index (κ1) is 14.5. The number of nitrogens with zero attached hydrogens (tertiary/aromatic N) is 4. The van der Waals surface area contributed by atoms with E-state index in [-0.39, 0.29) is 0 Å². The van der Waals surface area contributed by atoms with E-state index in [4.69, 9.17) is 4.98 Å². The smallest absolute Gasteiger partial charge is 0.0944 e. The molecule has 124 valence electrons. The zero-order valence-electron chi connectivity index (χ0n) is 14.0. The third-order valence-corrected chi connectivity index (χ3v) is 5.26. The summed E-state index contributed by atoms with van der Waals surface area (Å²) in [4.78, 5) is 13.8. The lowest BCUT2D eigenvalue weighted by atomic mass is 9.92. The second-order valence-corrected chi connectivity index (χ2v) is 6.82. The maximum atomic E-state index is 4.85. The number of fused-ring (bicyclic) bond motifs is 1. The Balaban J connectivity index is 1.45. The van der Waals surface area contributed by atoms with Crippen LogP contribution in [0.1, 0.15) is 19.3 Å². The van der Waals surface area contributed by atoms with Crippen LogP contribution >= 0.6 is 0 Å². The number of hydrogen-bond donors (Lipinski definition) is 0. The molecule has 25 heavy (non-hydrogen) atoms. The standard InChI is InChI=1S/C21H20N4/c1-4-18(5-1)24-11-12-25(15-24)19-8-6-16-7-9-20(23-21(16)13-19)17-3-2-10-22-14-17/h2-3,6-14,18H,1,4-5,15H2. The fraction of sp³-hybridized carbons (Fsp3) is 0.238. The molecule has 1 aromatic carbocycles. The number of hydrogen-bond acceptors (Lipinski definition) is 4. The largest absolute Gasteiger partial charge is 0.355 e. The summed E-state index contributed by atoms with van der Waals surface area (Å²) in [7, 11) is 0. The molecule has 0 radical (unpaired) electrons. The van der Waals surface area contributed by atoms with Crippen LogP contribution in [0.15, 0.2) is 67.3 Å². The summed E-state index contributed by atoms with van der Waals surface area (Å²) in [6.45, 7) is 0.943. The highest BCUT2D eigenvalue weighted by molar-refractivity contribution is 5.85. The molecule has 1 aliphatic carbocycles. The molecule has 0 saturated heterocycles. The number of rotatable bonds is 3. The highest BCUT2D eigenvalue weighted by Crippen LogP contribution is 2.30. The molecule has 1 aliphatic heterocycles. The average Bonchev–Trinajstić information content (AvgIpc) is 3.09. The van der Waals surface area contributed by atoms with E-state index >= 15 is 0 Å². The molecular formula is C21H20N4. The van der Waals surface area contributed by atoms with Gasteiger partial charge in [-0.15, -0.1) is 0 Å². The van der Waals surface area contributed by atoms with E-state index in [0.29, 0.717) is 0 Å². The van der Waals surface area contributed by atoms with Crippen molar-refractivity contribution in [2.75, 3.05) is 11.6 Å². The minimum absolute atomic E-state index is 0.733. The minimum Gasteiger partial charge on any atom is -0.355 e. The topological polar surface area (TPSA) is 32.3 Å². The van der Waals surface area contributed by atoms with E-state index in [2.05, 4.69) is 57.5 Å². The van der Waals surface area contributed by atoms with Crippen molar-refractivity contribution in [3.05, 3.63) is 67.3 Å². The lowest BCUT2D eigenvalue weighted by Crippen LogP contribution is -2.38. The molecule has 0 N–H and O–H groups in total. The Bertz CT molecular complexity index is 931. The van der Waals surface area contributed by atoms with Gasteiger partial charge in [-0.2, -0.15) is 0 Å². The summed E-state index contributed by atoms with van der Waals surface area (Å²) < 4.78 is 0. The number of aromatic nitrogens is 2. The van der Waals surface area contributed by atoms with E-state index < -0.39 is 0 Å². The molecule has 1 saturated carbocycles. The number of pyridine rings is 2. The van der Waals surface area contributed by atoms with Gasteiger partial charge in [0.05, 0.1) is 17.9 Å². The molecule has 5 rings (SSSR count). The summed E-state index contributed by atoms with van der Waals surface area (Å²) in [6.07, 6.45) is 12.1. The van der Waals surface area contributed by atoms with Crippen molar-refractivity contribution in [3.63, 3.8) is 0 Å². The van der Waals surface area contributed by atoms with Gasteiger partial charge >= 0.3 is 0 Å². The molecule has 2 aromatic heterocycles. The first-order chi connectivity index (χ1) is 12.4.